The molecule has 0 radical (unpaired) electrons. The lowest BCUT2D eigenvalue weighted by molar-refractivity contribution is 0.771. The molecule has 0 aliphatic carbocycles. The number of aryl methyl sites for hydroxylation is 1. The van der Waals surface area contributed by atoms with Crippen LogP contribution in [-0.4, -0.2) is 23.0 Å². The van der Waals surface area contributed by atoms with Gasteiger partial charge in [0.25, 0.3) is 0 Å². The van der Waals surface area contributed by atoms with Gasteiger partial charge in [0, 0.05) is 23.6 Å². The van der Waals surface area contributed by atoms with E-state index in [2.05, 4.69) is 29.5 Å². The van der Waals surface area contributed by atoms with Crippen molar-refractivity contribution in [3.05, 3.63) is 24.0 Å². The molecule has 1 atom stereocenters. The highest BCUT2D eigenvalue weighted by molar-refractivity contribution is 7.98. The number of nitrogens with zero attached hydrogens (tertiary/aromatic N) is 1. The second kappa shape index (κ2) is 5.91. The fourth-order valence-electron chi connectivity index (χ4n) is 1.29. The Hall–Kier alpha value is -0.700. The molecule has 1 heterocycles. The first-order chi connectivity index (χ1) is 6.72. The Kier molecular flexibility index (Phi) is 4.80. The molecule has 1 aromatic rings. The van der Waals surface area contributed by atoms with Gasteiger partial charge in [-0.2, -0.15) is 11.8 Å². The molecular formula is C11H18N2S. The first-order valence-corrected chi connectivity index (χ1v) is 6.30. The van der Waals surface area contributed by atoms with Gasteiger partial charge in [0.2, 0.25) is 0 Å². The number of nitrogens with one attached hydrogen (secondary N) is 1. The minimum atomic E-state index is 0.532. The molecule has 0 bridgehead atoms. The van der Waals surface area contributed by atoms with Gasteiger partial charge in [-0.3, -0.25) is 4.98 Å². The van der Waals surface area contributed by atoms with Gasteiger partial charge in [-0.1, -0.05) is 0 Å². The van der Waals surface area contributed by atoms with E-state index in [0.717, 1.165) is 5.69 Å². The summed E-state index contributed by atoms with van der Waals surface area (Å²) in [5, 5.41) is 3.46. The minimum absolute atomic E-state index is 0.532. The highest BCUT2D eigenvalue weighted by Gasteiger charge is 2.01. The molecule has 1 rings (SSSR count). The van der Waals surface area contributed by atoms with Crippen LogP contribution in [0.2, 0.25) is 0 Å². The summed E-state index contributed by atoms with van der Waals surface area (Å²) >= 11 is 1.89. The third-order valence-corrected chi connectivity index (χ3v) is 2.71. The number of pyridine rings is 1. The molecule has 14 heavy (non-hydrogen) atoms. The van der Waals surface area contributed by atoms with E-state index in [4.69, 9.17) is 0 Å². The maximum absolute atomic E-state index is 4.17. The standard InChI is InChI=1S/C11H18N2S/c1-9(5-7-14-3)13-11-4-6-12-10(2)8-11/h4,6,8-9H,5,7H2,1-3H3,(H,12,13). The smallest absolute Gasteiger partial charge is 0.0393 e. The van der Waals surface area contributed by atoms with Crippen LogP contribution in [0.3, 0.4) is 0 Å². The van der Waals surface area contributed by atoms with E-state index in [1.807, 2.05) is 30.9 Å². The molecule has 1 N–H and O–H groups in total. The number of rotatable bonds is 5. The van der Waals surface area contributed by atoms with Gasteiger partial charge in [0.1, 0.15) is 0 Å². The van der Waals surface area contributed by atoms with Crippen LogP contribution < -0.4 is 5.32 Å². The van der Waals surface area contributed by atoms with Crippen molar-refractivity contribution in [3.63, 3.8) is 0 Å². The quantitative estimate of drug-likeness (QED) is 0.809. The molecule has 78 valence electrons. The van der Waals surface area contributed by atoms with Gasteiger partial charge >= 0.3 is 0 Å². The molecule has 0 aromatic carbocycles. The van der Waals surface area contributed by atoms with Crippen molar-refractivity contribution in [3.8, 4) is 0 Å². The van der Waals surface area contributed by atoms with E-state index in [1.165, 1.54) is 17.9 Å². The van der Waals surface area contributed by atoms with Crippen molar-refractivity contribution in [2.24, 2.45) is 0 Å². The Bertz CT molecular complexity index is 276. The van der Waals surface area contributed by atoms with E-state index in [9.17, 15) is 0 Å². The lowest BCUT2D eigenvalue weighted by Crippen LogP contribution is -2.15. The highest BCUT2D eigenvalue weighted by Crippen LogP contribution is 2.11. The van der Waals surface area contributed by atoms with Gasteiger partial charge in [0.05, 0.1) is 0 Å². The number of hydrogen-bond donors (Lipinski definition) is 1. The van der Waals surface area contributed by atoms with Crippen LogP contribution >= 0.6 is 11.8 Å². The molecule has 3 heteroatoms. The van der Waals surface area contributed by atoms with Crippen molar-refractivity contribution in [1.82, 2.24) is 4.98 Å². The first kappa shape index (κ1) is 11.4. The second-order valence-corrected chi connectivity index (χ2v) is 4.50. The van der Waals surface area contributed by atoms with E-state index in [1.54, 1.807) is 0 Å². The third-order valence-electron chi connectivity index (χ3n) is 2.06. The molecule has 0 spiro atoms. The van der Waals surface area contributed by atoms with Gasteiger partial charge in [-0.25, -0.2) is 0 Å². The summed E-state index contributed by atoms with van der Waals surface area (Å²) < 4.78 is 0. The SMILES string of the molecule is CSCCC(C)Nc1ccnc(C)c1. The van der Waals surface area contributed by atoms with Crippen molar-refractivity contribution >= 4 is 17.4 Å². The summed E-state index contributed by atoms with van der Waals surface area (Å²) in [5.41, 5.74) is 2.23. The molecule has 0 aliphatic rings. The Morgan fingerprint density at radius 3 is 3.00 bits per heavy atom. The Morgan fingerprint density at radius 1 is 1.57 bits per heavy atom. The van der Waals surface area contributed by atoms with E-state index in [0.29, 0.717) is 6.04 Å². The van der Waals surface area contributed by atoms with Gasteiger partial charge in [0.15, 0.2) is 0 Å². The summed E-state index contributed by atoms with van der Waals surface area (Å²) in [6.45, 7) is 4.23. The zero-order chi connectivity index (χ0) is 10.4. The topological polar surface area (TPSA) is 24.9 Å². The van der Waals surface area contributed by atoms with Crippen LogP contribution in [0.4, 0.5) is 5.69 Å². The highest BCUT2D eigenvalue weighted by atomic mass is 32.2. The molecule has 0 aliphatic heterocycles. The summed E-state index contributed by atoms with van der Waals surface area (Å²) in [4.78, 5) is 4.17. The number of hydrogen-bond acceptors (Lipinski definition) is 3. The number of anilines is 1. The van der Waals surface area contributed by atoms with Gasteiger partial charge in [-0.05, 0) is 44.4 Å². The van der Waals surface area contributed by atoms with Crippen molar-refractivity contribution < 1.29 is 0 Å². The Balaban J connectivity index is 2.43. The molecule has 0 amide bonds. The monoisotopic (exact) mass is 210 g/mol. The molecule has 1 aromatic heterocycles. The maximum atomic E-state index is 4.17. The molecule has 0 saturated carbocycles. The molecule has 0 saturated heterocycles. The fourth-order valence-corrected chi connectivity index (χ4v) is 1.88. The van der Waals surface area contributed by atoms with Crippen LogP contribution in [0.25, 0.3) is 0 Å². The third kappa shape index (κ3) is 4.01. The summed E-state index contributed by atoms with van der Waals surface area (Å²) in [6.07, 6.45) is 5.19. The summed E-state index contributed by atoms with van der Waals surface area (Å²) in [6, 6.07) is 4.63. The Morgan fingerprint density at radius 2 is 2.36 bits per heavy atom. The lowest BCUT2D eigenvalue weighted by atomic mass is 10.2. The van der Waals surface area contributed by atoms with Crippen LogP contribution in [0, 0.1) is 6.92 Å². The van der Waals surface area contributed by atoms with E-state index >= 15 is 0 Å². The van der Waals surface area contributed by atoms with Crippen LogP contribution in [0.15, 0.2) is 18.3 Å². The number of aromatic nitrogens is 1. The summed E-state index contributed by atoms with van der Waals surface area (Å²) in [5.74, 6) is 1.21. The zero-order valence-electron chi connectivity index (χ0n) is 9.08. The number of thioether (sulfide) groups is 1. The average molecular weight is 210 g/mol. The molecule has 2 nitrogen and oxygen atoms in total. The Labute approximate surface area is 90.5 Å². The normalized spacial score (nSPS) is 12.5. The predicted molar refractivity (Wildman–Crippen MR) is 65.1 cm³/mol. The van der Waals surface area contributed by atoms with Crippen LogP contribution in [0.1, 0.15) is 19.0 Å². The molecule has 0 fully saturated rings. The zero-order valence-corrected chi connectivity index (χ0v) is 9.90. The largest absolute Gasteiger partial charge is 0.382 e. The van der Waals surface area contributed by atoms with Crippen molar-refractivity contribution in [1.29, 1.82) is 0 Å². The lowest BCUT2D eigenvalue weighted by Gasteiger charge is -2.14. The second-order valence-electron chi connectivity index (χ2n) is 3.51. The fraction of sp³-hybridized carbons (Fsp3) is 0.545. The minimum Gasteiger partial charge on any atom is -0.382 e. The van der Waals surface area contributed by atoms with Gasteiger partial charge in [-0.15, -0.1) is 0 Å². The molecular weight excluding hydrogens is 192 g/mol. The first-order valence-electron chi connectivity index (χ1n) is 4.90. The average Bonchev–Trinajstić information content (AvgIpc) is 2.15. The van der Waals surface area contributed by atoms with Gasteiger partial charge < -0.3 is 5.32 Å². The van der Waals surface area contributed by atoms with E-state index in [-0.39, 0.29) is 0 Å². The van der Waals surface area contributed by atoms with E-state index < -0.39 is 0 Å². The predicted octanol–water partition coefficient (Wildman–Crippen LogP) is 2.94. The van der Waals surface area contributed by atoms with Crippen LogP contribution in [0.5, 0.6) is 0 Å². The maximum Gasteiger partial charge on any atom is 0.0393 e. The van der Waals surface area contributed by atoms with Crippen molar-refractivity contribution in [2.45, 2.75) is 26.3 Å². The van der Waals surface area contributed by atoms with Crippen molar-refractivity contribution in [2.75, 3.05) is 17.3 Å². The van der Waals surface area contributed by atoms with Crippen LogP contribution in [-0.2, 0) is 0 Å². The summed E-state index contributed by atoms with van der Waals surface area (Å²) in [7, 11) is 0. The molecule has 1 unspecified atom stereocenters.